The van der Waals surface area contributed by atoms with Gasteiger partial charge in [0.25, 0.3) is 5.91 Å². The molecule has 0 aliphatic carbocycles. The Kier molecular flexibility index (Phi) is 7.51. The fraction of sp³-hybridized carbons (Fsp3) is 0.250. The second-order valence-electron chi connectivity index (χ2n) is 5.85. The van der Waals surface area contributed by atoms with Crippen LogP contribution >= 0.6 is 0 Å². The number of carbonyl (C=O) groups is 3. The van der Waals surface area contributed by atoms with Gasteiger partial charge >= 0.3 is 11.8 Å². The normalized spacial score (nSPS) is 11.3. The van der Waals surface area contributed by atoms with E-state index in [9.17, 15) is 14.4 Å². The summed E-state index contributed by atoms with van der Waals surface area (Å²) in [6, 6.07) is 15.5. The number of ether oxygens (including phenoxy) is 1. The minimum atomic E-state index is -0.838. The molecule has 27 heavy (non-hydrogen) atoms. The molecule has 7 heteroatoms. The smallest absolute Gasteiger partial charge is 0.313 e. The zero-order valence-electron chi connectivity index (χ0n) is 15.3. The van der Waals surface area contributed by atoms with Gasteiger partial charge in [0.05, 0.1) is 23.9 Å². The van der Waals surface area contributed by atoms with Crippen LogP contribution in [-0.4, -0.2) is 38.0 Å². The Morgan fingerprint density at radius 3 is 2.33 bits per heavy atom. The van der Waals surface area contributed by atoms with Gasteiger partial charge in [0, 0.05) is 13.7 Å². The van der Waals surface area contributed by atoms with Gasteiger partial charge in [-0.25, -0.2) is 0 Å². The van der Waals surface area contributed by atoms with Crippen molar-refractivity contribution in [3.05, 3.63) is 65.7 Å². The van der Waals surface area contributed by atoms with Crippen LogP contribution in [-0.2, 0) is 14.3 Å². The highest BCUT2D eigenvalue weighted by atomic mass is 16.5. The van der Waals surface area contributed by atoms with Crippen LogP contribution in [0.3, 0.4) is 0 Å². The number of para-hydroxylation sites is 1. The lowest BCUT2D eigenvalue weighted by Crippen LogP contribution is -2.37. The number of nitrogens with one attached hydrogen (secondary N) is 3. The first-order chi connectivity index (χ1) is 13.0. The predicted molar refractivity (Wildman–Crippen MR) is 102 cm³/mol. The van der Waals surface area contributed by atoms with Crippen molar-refractivity contribution in [2.24, 2.45) is 0 Å². The van der Waals surface area contributed by atoms with Crippen LogP contribution in [0.15, 0.2) is 54.6 Å². The number of methoxy groups -OCH3 is 1. The van der Waals surface area contributed by atoms with Gasteiger partial charge in [-0.1, -0.05) is 42.5 Å². The molecule has 0 unspecified atom stereocenters. The standard InChI is InChI=1S/C20H23N3O4/c1-14(15-8-4-3-5-9-15)22-19(25)20(26)23-17-11-7-6-10-16(17)18(24)21-12-13-27-2/h3-11,14H,12-13H2,1-2H3,(H,21,24)(H,22,25)(H,23,26)/t14-/m0/s1. The minimum Gasteiger partial charge on any atom is -0.383 e. The van der Waals surface area contributed by atoms with Crippen molar-refractivity contribution in [1.29, 1.82) is 0 Å². The monoisotopic (exact) mass is 369 g/mol. The van der Waals surface area contributed by atoms with Gasteiger partial charge in [-0.15, -0.1) is 0 Å². The number of amides is 3. The van der Waals surface area contributed by atoms with Gasteiger partial charge in [-0.3, -0.25) is 14.4 Å². The van der Waals surface area contributed by atoms with Crippen molar-refractivity contribution in [1.82, 2.24) is 10.6 Å². The van der Waals surface area contributed by atoms with Gasteiger partial charge in [-0.05, 0) is 24.6 Å². The van der Waals surface area contributed by atoms with Crippen molar-refractivity contribution < 1.29 is 19.1 Å². The molecule has 0 spiro atoms. The van der Waals surface area contributed by atoms with E-state index in [1.165, 1.54) is 7.11 Å². The molecule has 2 rings (SSSR count). The molecule has 1 atom stereocenters. The maximum atomic E-state index is 12.2. The predicted octanol–water partition coefficient (Wildman–Crippen LogP) is 1.88. The summed E-state index contributed by atoms with van der Waals surface area (Å²) in [6.07, 6.45) is 0. The SMILES string of the molecule is COCCNC(=O)c1ccccc1NC(=O)C(=O)N[C@@H](C)c1ccccc1. The quantitative estimate of drug-likeness (QED) is 0.513. The van der Waals surface area contributed by atoms with Crippen LogP contribution in [0.4, 0.5) is 5.69 Å². The zero-order chi connectivity index (χ0) is 19.6. The lowest BCUT2D eigenvalue weighted by atomic mass is 10.1. The highest BCUT2D eigenvalue weighted by Crippen LogP contribution is 2.15. The first-order valence-electron chi connectivity index (χ1n) is 8.56. The lowest BCUT2D eigenvalue weighted by Gasteiger charge is -2.15. The van der Waals surface area contributed by atoms with Crippen molar-refractivity contribution in [3.8, 4) is 0 Å². The maximum absolute atomic E-state index is 12.2. The second kappa shape index (κ2) is 10.1. The molecule has 0 saturated heterocycles. The van der Waals surface area contributed by atoms with Crippen LogP contribution in [0.2, 0.25) is 0 Å². The lowest BCUT2D eigenvalue weighted by molar-refractivity contribution is -0.136. The fourth-order valence-electron chi connectivity index (χ4n) is 2.42. The molecular weight excluding hydrogens is 346 g/mol. The summed E-state index contributed by atoms with van der Waals surface area (Å²) < 4.78 is 4.89. The molecule has 2 aromatic carbocycles. The Balaban J connectivity index is 2.00. The molecule has 0 bridgehead atoms. The molecule has 0 aromatic heterocycles. The third kappa shape index (κ3) is 5.93. The topological polar surface area (TPSA) is 96.5 Å². The minimum absolute atomic E-state index is 0.264. The van der Waals surface area contributed by atoms with Crippen LogP contribution < -0.4 is 16.0 Å². The number of rotatable bonds is 7. The average molecular weight is 369 g/mol. The second-order valence-corrected chi connectivity index (χ2v) is 5.85. The number of anilines is 1. The van der Waals surface area contributed by atoms with Crippen molar-refractivity contribution in [2.45, 2.75) is 13.0 Å². The molecule has 0 aliphatic rings. The van der Waals surface area contributed by atoms with E-state index in [0.717, 1.165) is 5.56 Å². The Morgan fingerprint density at radius 2 is 1.63 bits per heavy atom. The third-order valence-electron chi connectivity index (χ3n) is 3.87. The van der Waals surface area contributed by atoms with Gasteiger partial charge in [-0.2, -0.15) is 0 Å². The molecule has 2 aromatic rings. The van der Waals surface area contributed by atoms with Crippen LogP contribution in [0.25, 0.3) is 0 Å². The van der Waals surface area contributed by atoms with Gasteiger partial charge in [0.1, 0.15) is 0 Å². The van der Waals surface area contributed by atoms with E-state index in [-0.39, 0.29) is 23.2 Å². The van der Waals surface area contributed by atoms with Gasteiger partial charge in [0.15, 0.2) is 0 Å². The van der Waals surface area contributed by atoms with E-state index in [1.807, 2.05) is 30.3 Å². The van der Waals surface area contributed by atoms with E-state index in [2.05, 4.69) is 16.0 Å². The molecular formula is C20H23N3O4. The molecule has 0 radical (unpaired) electrons. The molecule has 0 saturated carbocycles. The number of benzene rings is 2. The zero-order valence-corrected chi connectivity index (χ0v) is 15.3. The molecule has 142 valence electrons. The summed E-state index contributed by atoms with van der Waals surface area (Å²) in [6.45, 7) is 2.50. The third-order valence-corrected chi connectivity index (χ3v) is 3.87. The van der Waals surface area contributed by atoms with E-state index in [4.69, 9.17) is 4.74 Å². The summed E-state index contributed by atoms with van der Waals surface area (Å²) in [5.74, 6) is -1.98. The number of carbonyl (C=O) groups excluding carboxylic acids is 3. The number of hydrogen-bond acceptors (Lipinski definition) is 4. The fourth-order valence-corrected chi connectivity index (χ4v) is 2.42. The van der Waals surface area contributed by atoms with E-state index >= 15 is 0 Å². The van der Waals surface area contributed by atoms with Gasteiger partial charge < -0.3 is 20.7 Å². The average Bonchev–Trinajstić information content (AvgIpc) is 2.69. The molecule has 3 N–H and O–H groups in total. The maximum Gasteiger partial charge on any atom is 0.313 e. The summed E-state index contributed by atoms with van der Waals surface area (Å²) in [5, 5.41) is 7.81. The van der Waals surface area contributed by atoms with E-state index in [0.29, 0.717) is 13.2 Å². The van der Waals surface area contributed by atoms with Crippen LogP contribution in [0, 0.1) is 0 Å². The summed E-state index contributed by atoms with van der Waals surface area (Å²) >= 11 is 0. The first-order valence-corrected chi connectivity index (χ1v) is 8.56. The van der Waals surface area contributed by atoms with E-state index < -0.39 is 11.8 Å². The van der Waals surface area contributed by atoms with Crippen molar-refractivity contribution in [3.63, 3.8) is 0 Å². The summed E-state index contributed by atoms with van der Waals surface area (Å²) in [7, 11) is 1.54. The molecule has 7 nitrogen and oxygen atoms in total. The number of hydrogen-bond donors (Lipinski definition) is 3. The largest absolute Gasteiger partial charge is 0.383 e. The Bertz CT molecular complexity index is 793. The van der Waals surface area contributed by atoms with Gasteiger partial charge in [0.2, 0.25) is 0 Å². The summed E-state index contributed by atoms with van der Waals surface area (Å²) in [4.78, 5) is 36.7. The molecule has 0 heterocycles. The Morgan fingerprint density at radius 1 is 0.963 bits per heavy atom. The van der Waals surface area contributed by atoms with Crippen LogP contribution in [0.5, 0.6) is 0 Å². The molecule has 0 fully saturated rings. The molecule has 3 amide bonds. The van der Waals surface area contributed by atoms with E-state index in [1.54, 1.807) is 31.2 Å². The van der Waals surface area contributed by atoms with Crippen molar-refractivity contribution >= 4 is 23.4 Å². The molecule has 0 aliphatic heterocycles. The highest BCUT2D eigenvalue weighted by Gasteiger charge is 2.19. The Hall–Kier alpha value is -3.19. The van der Waals surface area contributed by atoms with Crippen molar-refractivity contribution in [2.75, 3.05) is 25.6 Å². The summed E-state index contributed by atoms with van der Waals surface area (Å²) in [5.41, 5.74) is 1.42. The Labute approximate surface area is 158 Å². The first kappa shape index (κ1) is 20.1. The van der Waals surface area contributed by atoms with Crippen LogP contribution in [0.1, 0.15) is 28.9 Å². The highest BCUT2D eigenvalue weighted by molar-refractivity contribution is 6.40.